The normalized spacial score (nSPS) is 37.2. The van der Waals surface area contributed by atoms with Gasteiger partial charge in [0.1, 0.15) is 0 Å². The van der Waals surface area contributed by atoms with Gasteiger partial charge >= 0.3 is 5.97 Å². The van der Waals surface area contributed by atoms with Crippen molar-refractivity contribution < 1.29 is 14.3 Å². The largest absolute Gasteiger partial charge is 0.424 e. The van der Waals surface area contributed by atoms with E-state index in [4.69, 9.17) is 9.47 Å². The number of allylic oxidation sites excluding steroid dienone is 1. The van der Waals surface area contributed by atoms with Gasteiger partial charge in [-0.3, -0.25) is 0 Å². The number of esters is 1. The van der Waals surface area contributed by atoms with Crippen LogP contribution in [0.5, 0.6) is 0 Å². The Kier molecular flexibility index (Phi) is 11.0. The summed E-state index contributed by atoms with van der Waals surface area (Å²) < 4.78 is 11.5. The molecule has 1 aliphatic heterocycles. The molecule has 31 heavy (non-hydrogen) atoms. The Morgan fingerprint density at radius 2 is 2.00 bits per heavy atom. The van der Waals surface area contributed by atoms with Crippen LogP contribution in [0.4, 0.5) is 0 Å². The van der Waals surface area contributed by atoms with Crippen molar-refractivity contribution in [3.63, 3.8) is 0 Å². The summed E-state index contributed by atoms with van der Waals surface area (Å²) in [5, 5.41) is 0. The summed E-state index contributed by atoms with van der Waals surface area (Å²) in [7, 11) is 0. The first-order valence-electron chi connectivity index (χ1n) is 12.6. The van der Waals surface area contributed by atoms with Crippen molar-refractivity contribution >= 4 is 33.7 Å². The molecule has 6 atom stereocenters. The molecule has 1 saturated heterocycles. The highest BCUT2D eigenvalue weighted by Crippen LogP contribution is 2.60. The van der Waals surface area contributed by atoms with Gasteiger partial charge in [0.25, 0.3) is 5.62 Å². The van der Waals surface area contributed by atoms with Gasteiger partial charge in [0.2, 0.25) is 0 Å². The predicted molar refractivity (Wildman–Crippen MR) is 136 cm³/mol. The van der Waals surface area contributed by atoms with Crippen LogP contribution >= 0.6 is 27.7 Å². The lowest BCUT2D eigenvalue weighted by Crippen LogP contribution is -2.36. The molecule has 3 fully saturated rings. The highest BCUT2D eigenvalue weighted by molar-refractivity contribution is 9.11. The summed E-state index contributed by atoms with van der Waals surface area (Å²) in [6, 6.07) is 0. The number of halogens is 1. The number of unbranched alkanes of at least 4 members (excludes halogenated alkanes) is 1. The molecule has 0 aromatic heterocycles. The molecule has 2 aliphatic carbocycles. The Labute approximate surface area is 204 Å². The molecular weight excluding hydrogens is 472 g/mol. The Hall–Kier alpha value is -0.0000000000000000763. The number of carbonyl (C=O) groups is 1. The molecule has 0 amide bonds. The van der Waals surface area contributed by atoms with Gasteiger partial charge in [-0.15, -0.1) is 0 Å². The van der Waals surface area contributed by atoms with Gasteiger partial charge in [-0.05, 0) is 92.2 Å². The van der Waals surface area contributed by atoms with E-state index in [9.17, 15) is 4.79 Å². The van der Waals surface area contributed by atoms with Crippen molar-refractivity contribution in [3.05, 3.63) is 10.6 Å². The third-order valence-corrected chi connectivity index (χ3v) is 9.50. The quantitative estimate of drug-likeness (QED) is 0.227. The molecule has 0 aromatic carbocycles. The molecule has 3 nitrogen and oxygen atoms in total. The summed E-state index contributed by atoms with van der Waals surface area (Å²) in [6.45, 7) is 13.1. The van der Waals surface area contributed by atoms with Gasteiger partial charge in [0.15, 0.2) is 5.60 Å². The van der Waals surface area contributed by atoms with Crippen molar-refractivity contribution in [1.82, 2.24) is 0 Å². The molecule has 0 N–H and O–H groups in total. The van der Waals surface area contributed by atoms with E-state index in [1.54, 1.807) is 17.3 Å². The standard InChI is InChI=1S/C24H39BrO3S.C2H6/c1-5-6-15-29-22-27-21(26)24(4,28-22)14-7-9-17(2)19-11-12-20-18(16-25)10-8-13-23(19,20)3;1-2/h16-17,19-20,22H,5-15H2,1-4H3;1-2H3/b18-16+;/t17-,19?,20?,22-,23?,24-;/m1./s1. The first-order valence-corrected chi connectivity index (χ1v) is 14.6. The monoisotopic (exact) mass is 516 g/mol. The van der Waals surface area contributed by atoms with Gasteiger partial charge in [0.05, 0.1) is 0 Å². The molecule has 0 bridgehead atoms. The number of fused-ring (bicyclic) bond motifs is 1. The molecule has 3 rings (SSSR count). The maximum atomic E-state index is 12.4. The van der Waals surface area contributed by atoms with E-state index >= 15 is 0 Å². The lowest BCUT2D eigenvalue weighted by atomic mass is 9.61. The van der Waals surface area contributed by atoms with Crippen LogP contribution in [-0.4, -0.2) is 22.9 Å². The summed E-state index contributed by atoms with van der Waals surface area (Å²) >= 11 is 5.24. The number of rotatable bonds is 9. The molecule has 1 heterocycles. The van der Waals surface area contributed by atoms with Crippen LogP contribution in [0.25, 0.3) is 0 Å². The second-order valence-corrected chi connectivity index (χ2v) is 11.5. The van der Waals surface area contributed by atoms with Crippen molar-refractivity contribution in [1.29, 1.82) is 0 Å². The third-order valence-electron chi connectivity index (χ3n) is 7.92. The second kappa shape index (κ2) is 12.5. The lowest BCUT2D eigenvalue weighted by Gasteiger charge is -2.44. The molecule has 5 heteroatoms. The average molecular weight is 518 g/mol. The summed E-state index contributed by atoms with van der Waals surface area (Å²) in [4.78, 5) is 14.6. The molecule has 3 unspecified atom stereocenters. The minimum absolute atomic E-state index is 0.175. The van der Waals surface area contributed by atoms with Crippen LogP contribution in [0, 0.1) is 23.2 Å². The summed E-state index contributed by atoms with van der Waals surface area (Å²) in [6.07, 6.45) is 11.9. The van der Waals surface area contributed by atoms with Crippen molar-refractivity contribution in [2.24, 2.45) is 23.2 Å². The van der Waals surface area contributed by atoms with Crippen LogP contribution in [-0.2, 0) is 14.3 Å². The Bertz CT molecular complexity index is 609. The molecule has 0 radical (unpaired) electrons. The van der Waals surface area contributed by atoms with Crippen LogP contribution < -0.4 is 0 Å². The molecule has 180 valence electrons. The lowest BCUT2D eigenvalue weighted by molar-refractivity contribution is -0.143. The number of ether oxygens (including phenoxy) is 2. The number of hydrogen-bond donors (Lipinski definition) is 0. The van der Waals surface area contributed by atoms with Crippen molar-refractivity contribution in [2.75, 3.05) is 5.75 Å². The van der Waals surface area contributed by atoms with E-state index in [-0.39, 0.29) is 5.97 Å². The zero-order valence-electron chi connectivity index (χ0n) is 20.7. The van der Waals surface area contributed by atoms with Crippen molar-refractivity contribution in [2.45, 2.75) is 117 Å². The maximum absolute atomic E-state index is 12.4. The van der Waals surface area contributed by atoms with Gasteiger partial charge < -0.3 is 9.47 Å². The zero-order valence-corrected chi connectivity index (χ0v) is 23.1. The summed E-state index contributed by atoms with van der Waals surface area (Å²) in [5.41, 5.74) is 0.908. The SMILES string of the molecule is CC.CCCCS[C@@H]1OC(=O)[C@@](C)(CCC[C@@H](C)C2CCC3/C(=C/Br)CCCC32C)O1. The number of carbonyl (C=O) groups excluding carboxylic acids is 1. The van der Waals surface area contributed by atoms with Crippen LogP contribution in [0.15, 0.2) is 10.6 Å². The number of thioether (sulfide) groups is 1. The second-order valence-electron chi connectivity index (χ2n) is 9.92. The van der Waals surface area contributed by atoms with Crippen LogP contribution in [0.2, 0.25) is 0 Å². The van der Waals surface area contributed by atoms with E-state index < -0.39 is 11.2 Å². The smallest absolute Gasteiger partial charge is 0.341 e. The molecule has 0 spiro atoms. The molecular formula is C26H45BrO3S. The number of cyclic esters (lactones) is 1. The minimum Gasteiger partial charge on any atom is -0.424 e. The predicted octanol–water partition coefficient (Wildman–Crippen LogP) is 8.46. The average Bonchev–Trinajstić information content (AvgIpc) is 3.25. The number of hydrogen-bond acceptors (Lipinski definition) is 4. The zero-order chi connectivity index (χ0) is 23.1. The maximum Gasteiger partial charge on any atom is 0.341 e. The van der Waals surface area contributed by atoms with E-state index in [1.165, 1.54) is 38.5 Å². The van der Waals surface area contributed by atoms with Gasteiger partial charge in [0, 0.05) is 0 Å². The Morgan fingerprint density at radius 3 is 2.68 bits per heavy atom. The third kappa shape index (κ3) is 6.32. The van der Waals surface area contributed by atoms with Gasteiger partial charge in [-0.1, -0.05) is 80.7 Å². The van der Waals surface area contributed by atoms with E-state index in [0.717, 1.165) is 43.3 Å². The topological polar surface area (TPSA) is 35.5 Å². The fraction of sp³-hybridized carbons (Fsp3) is 0.885. The Morgan fingerprint density at radius 1 is 1.26 bits per heavy atom. The van der Waals surface area contributed by atoms with Crippen LogP contribution in [0.3, 0.4) is 0 Å². The van der Waals surface area contributed by atoms with Crippen molar-refractivity contribution in [3.8, 4) is 0 Å². The first-order chi connectivity index (χ1) is 14.8. The highest BCUT2D eigenvalue weighted by Gasteiger charge is 2.51. The fourth-order valence-corrected chi connectivity index (χ4v) is 7.79. The summed E-state index contributed by atoms with van der Waals surface area (Å²) in [5.74, 6) is 3.04. The Balaban J connectivity index is 0.00000166. The first kappa shape index (κ1) is 27.2. The van der Waals surface area contributed by atoms with E-state index in [0.29, 0.717) is 11.3 Å². The van der Waals surface area contributed by atoms with Crippen LogP contribution in [0.1, 0.15) is 106 Å². The van der Waals surface area contributed by atoms with Gasteiger partial charge in [-0.25, -0.2) is 4.79 Å². The molecule has 3 aliphatic rings. The molecule has 2 saturated carbocycles. The van der Waals surface area contributed by atoms with E-state index in [2.05, 4.69) is 41.7 Å². The minimum atomic E-state index is -0.761. The fourth-order valence-electron chi connectivity index (χ4n) is 6.16. The van der Waals surface area contributed by atoms with E-state index in [1.807, 2.05) is 20.8 Å². The van der Waals surface area contributed by atoms with Gasteiger partial charge in [-0.2, -0.15) is 0 Å². The highest BCUT2D eigenvalue weighted by atomic mass is 79.9. The molecule has 0 aromatic rings.